The van der Waals surface area contributed by atoms with Crippen LogP contribution in [-0.2, 0) is 0 Å². The predicted octanol–water partition coefficient (Wildman–Crippen LogP) is 4.00. The van der Waals surface area contributed by atoms with Crippen molar-refractivity contribution in [2.75, 3.05) is 0 Å². The molecule has 0 aliphatic heterocycles. The normalized spacial score (nSPS) is 10.7. The fourth-order valence-corrected chi connectivity index (χ4v) is 2.17. The number of allylic oxidation sites excluding steroid dienone is 1. The number of nitrogens with zero attached hydrogens (tertiary/aromatic N) is 2. The van der Waals surface area contributed by atoms with E-state index in [4.69, 9.17) is 5.26 Å². The zero-order valence-electron chi connectivity index (χ0n) is 11.7. The van der Waals surface area contributed by atoms with E-state index >= 15 is 0 Å². The first kappa shape index (κ1) is 13.7. The number of carbonyl (C=O) groups excluding carboxylic acids is 1. The average molecular weight is 284 g/mol. The number of aromatic nitrogens is 1. The quantitative estimate of drug-likeness (QED) is 0.539. The van der Waals surface area contributed by atoms with Crippen LogP contribution in [0, 0.1) is 11.3 Å². The number of benzene rings is 2. The first-order valence-corrected chi connectivity index (χ1v) is 6.85. The lowest BCUT2D eigenvalue weighted by Crippen LogP contribution is -1.94. The largest absolute Gasteiger partial charge is 0.289 e. The number of fused-ring (bicyclic) bond motifs is 1. The Kier molecular flexibility index (Phi) is 3.76. The van der Waals surface area contributed by atoms with Gasteiger partial charge >= 0.3 is 0 Å². The Morgan fingerprint density at radius 3 is 2.77 bits per heavy atom. The fourth-order valence-electron chi connectivity index (χ4n) is 2.17. The van der Waals surface area contributed by atoms with Gasteiger partial charge < -0.3 is 0 Å². The van der Waals surface area contributed by atoms with Gasteiger partial charge in [-0.1, -0.05) is 36.4 Å². The van der Waals surface area contributed by atoms with Crippen LogP contribution in [0.5, 0.6) is 0 Å². The molecule has 104 valence electrons. The molecule has 3 heteroatoms. The molecular weight excluding hydrogens is 272 g/mol. The summed E-state index contributed by atoms with van der Waals surface area (Å²) in [4.78, 5) is 16.6. The van der Waals surface area contributed by atoms with Gasteiger partial charge in [-0.2, -0.15) is 5.26 Å². The van der Waals surface area contributed by atoms with Gasteiger partial charge in [0.1, 0.15) is 0 Å². The number of carbonyl (C=O) groups is 1. The minimum atomic E-state index is -0.146. The summed E-state index contributed by atoms with van der Waals surface area (Å²) < 4.78 is 0. The Bertz CT molecular complexity index is 920. The number of nitriles is 1. The summed E-state index contributed by atoms with van der Waals surface area (Å²) in [6.45, 7) is 0. The van der Waals surface area contributed by atoms with E-state index in [-0.39, 0.29) is 5.78 Å². The molecule has 0 radical (unpaired) electrons. The van der Waals surface area contributed by atoms with Crippen LogP contribution >= 0.6 is 0 Å². The van der Waals surface area contributed by atoms with E-state index < -0.39 is 0 Å². The van der Waals surface area contributed by atoms with E-state index in [1.54, 1.807) is 30.3 Å². The summed E-state index contributed by atoms with van der Waals surface area (Å²) >= 11 is 0. The van der Waals surface area contributed by atoms with Gasteiger partial charge in [0.05, 0.1) is 22.8 Å². The minimum Gasteiger partial charge on any atom is -0.289 e. The maximum Gasteiger partial charge on any atom is 0.185 e. The molecule has 0 amide bonds. The van der Waals surface area contributed by atoms with Crippen molar-refractivity contribution in [3.63, 3.8) is 0 Å². The standard InChI is InChI=1S/C19H12N2O/c20-13-14-4-3-6-16(12-14)19(22)11-10-17-9-8-15-5-1-2-7-18(15)21-17/h1-12H/b11-10+. The van der Waals surface area contributed by atoms with Gasteiger partial charge in [-0.25, -0.2) is 4.98 Å². The average Bonchev–Trinajstić information content (AvgIpc) is 2.59. The van der Waals surface area contributed by atoms with Gasteiger partial charge in [-0.15, -0.1) is 0 Å². The lowest BCUT2D eigenvalue weighted by atomic mass is 10.1. The van der Waals surface area contributed by atoms with Crippen LogP contribution in [0.15, 0.2) is 66.7 Å². The maximum atomic E-state index is 12.1. The third kappa shape index (κ3) is 2.92. The van der Waals surface area contributed by atoms with Crippen LogP contribution in [-0.4, -0.2) is 10.8 Å². The monoisotopic (exact) mass is 284 g/mol. The van der Waals surface area contributed by atoms with Crippen LogP contribution in [0.2, 0.25) is 0 Å². The molecule has 0 unspecified atom stereocenters. The fraction of sp³-hybridized carbons (Fsp3) is 0. The summed E-state index contributed by atoms with van der Waals surface area (Å²) in [6.07, 6.45) is 3.17. The van der Waals surface area contributed by atoms with Crippen molar-refractivity contribution in [3.8, 4) is 6.07 Å². The van der Waals surface area contributed by atoms with Gasteiger partial charge in [-0.3, -0.25) is 4.79 Å². The van der Waals surface area contributed by atoms with Gasteiger partial charge in [0.25, 0.3) is 0 Å². The topological polar surface area (TPSA) is 53.8 Å². The van der Waals surface area contributed by atoms with Crippen molar-refractivity contribution in [1.82, 2.24) is 4.98 Å². The highest BCUT2D eigenvalue weighted by Gasteiger charge is 2.03. The Morgan fingerprint density at radius 1 is 1.05 bits per heavy atom. The van der Waals surface area contributed by atoms with Crippen molar-refractivity contribution in [1.29, 1.82) is 5.26 Å². The molecule has 2 aromatic carbocycles. The second-order valence-electron chi connectivity index (χ2n) is 4.82. The van der Waals surface area contributed by atoms with E-state index in [1.807, 2.05) is 42.5 Å². The van der Waals surface area contributed by atoms with Gasteiger partial charge in [0.2, 0.25) is 0 Å². The first-order chi connectivity index (χ1) is 10.8. The summed E-state index contributed by atoms with van der Waals surface area (Å²) in [5.74, 6) is -0.146. The smallest absolute Gasteiger partial charge is 0.185 e. The second-order valence-corrected chi connectivity index (χ2v) is 4.82. The molecular formula is C19H12N2O. The third-order valence-corrected chi connectivity index (χ3v) is 3.30. The number of hydrogen-bond acceptors (Lipinski definition) is 3. The number of hydrogen-bond donors (Lipinski definition) is 0. The SMILES string of the molecule is N#Cc1cccc(C(=O)/C=C/c2ccc3ccccc3n2)c1. The number of para-hydroxylation sites is 1. The van der Waals surface area contributed by atoms with Crippen LogP contribution in [0.1, 0.15) is 21.6 Å². The lowest BCUT2D eigenvalue weighted by molar-refractivity contribution is 0.104. The third-order valence-electron chi connectivity index (χ3n) is 3.30. The van der Waals surface area contributed by atoms with Gasteiger partial charge in [0.15, 0.2) is 5.78 Å². The van der Waals surface area contributed by atoms with Crippen molar-refractivity contribution in [3.05, 3.63) is 83.6 Å². The van der Waals surface area contributed by atoms with Crippen molar-refractivity contribution < 1.29 is 4.79 Å². The molecule has 0 aliphatic rings. The second kappa shape index (κ2) is 6.02. The molecule has 3 rings (SSSR count). The highest BCUT2D eigenvalue weighted by atomic mass is 16.1. The Hall–Kier alpha value is -3.25. The molecule has 0 fully saturated rings. The van der Waals surface area contributed by atoms with Crippen molar-refractivity contribution in [2.45, 2.75) is 0 Å². The van der Waals surface area contributed by atoms with E-state index in [2.05, 4.69) is 4.98 Å². The molecule has 0 saturated carbocycles. The number of pyridine rings is 1. The Morgan fingerprint density at radius 2 is 1.91 bits per heavy atom. The molecule has 3 nitrogen and oxygen atoms in total. The molecule has 0 saturated heterocycles. The molecule has 0 N–H and O–H groups in total. The molecule has 0 aliphatic carbocycles. The molecule has 0 spiro atoms. The van der Waals surface area contributed by atoms with Gasteiger partial charge in [-0.05, 0) is 36.4 Å². The lowest BCUT2D eigenvalue weighted by Gasteiger charge is -1.99. The molecule has 0 atom stereocenters. The zero-order chi connectivity index (χ0) is 15.4. The summed E-state index contributed by atoms with van der Waals surface area (Å²) in [5.41, 5.74) is 2.59. The minimum absolute atomic E-state index is 0.146. The zero-order valence-corrected chi connectivity index (χ0v) is 11.7. The summed E-state index contributed by atoms with van der Waals surface area (Å²) in [7, 11) is 0. The highest BCUT2D eigenvalue weighted by Crippen LogP contribution is 2.13. The molecule has 3 aromatic rings. The Labute approximate surface area is 128 Å². The summed E-state index contributed by atoms with van der Waals surface area (Å²) in [5, 5.41) is 9.93. The molecule has 1 aromatic heterocycles. The summed E-state index contributed by atoms with van der Waals surface area (Å²) in [6, 6.07) is 20.4. The highest BCUT2D eigenvalue weighted by molar-refractivity contribution is 6.07. The van der Waals surface area contributed by atoms with Crippen molar-refractivity contribution in [2.24, 2.45) is 0 Å². The van der Waals surface area contributed by atoms with Crippen LogP contribution in [0.4, 0.5) is 0 Å². The van der Waals surface area contributed by atoms with Crippen LogP contribution in [0.25, 0.3) is 17.0 Å². The molecule has 22 heavy (non-hydrogen) atoms. The van der Waals surface area contributed by atoms with Crippen molar-refractivity contribution >= 4 is 22.8 Å². The van der Waals surface area contributed by atoms with Crippen LogP contribution < -0.4 is 0 Å². The Balaban J connectivity index is 1.85. The van der Waals surface area contributed by atoms with Gasteiger partial charge in [0, 0.05) is 10.9 Å². The maximum absolute atomic E-state index is 12.1. The van der Waals surface area contributed by atoms with E-state index in [9.17, 15) is 4.79 Å². The predicted molar refractivity (Wildman–Crippen MR) is 86.3 cm³/mol. The van der Waals surface area contributed by atoms with E-state index in [0.717, 1.165) is 16.6 Å². The number of rotatable bonds is 3. The number of ketones is 1. The van der Waals surface area contributed by atoms with E-state index in [0.29, 0.717) is 11.1 Å². The first-order valence-electron chi connectivity index (χ1n) is 6.85. The molecule has 0 bridgehead atoms. The van der Waals surface area contributed by atoms with E-state index in [1.165, 1.54) is 6.08 Å². The van der Waals surface area contributed by atoms with Crippen LogP contribution in [0.3, 0.4) is 0 Å². The molecule has 1 heterocycles.